The largest absolute Gasteiger partial charge is 0.381 e. The van der Waals surface area contributed by atoms with Crippen molar-refractivity contribution in [3.63, 3.8) is 0 Å². The molecule has 0 radical (unpaired) electrons. The zero-order valence-corrected chi connectivity index (χ0v) is 18.4. The minimum Gasteiger partial charge on any atom is -0.381 e. The van der Waals surface area contributed by atoms with Crippen molar-refractivity contribution in [1.82, 2.24) is 14.9 Å². The van der Waals surface area contributed by atoms with E-state index in [9.17, 15) is 14.4 Å². The van der Waals surface area contributed by atoms with Gasteiger partial charge in [-0.15, -0.1) is 0 Å². The highest BCUT2D eigenvalue weighted by atomic mass is 16.5. The third-order valence-corrected chi connectivity index (χ3v) is 5.93. The second-order valence-corrected chi connectivity index (χ2v) is 8.32. The molecular formula is C25H29N3O4. The normalized spacial score (nSPS) is 16.6. The third-order valence-electron chi connectivity index (χ3n) is 5.93. The number of pyridine rings is 1. The fourth-order valence-electron chi connectivity index (χ4n) is 4.35. The van der Waals surface area contributed by atoms with Gasteiger partial charge < -0.3 is 9.30 Å². The number of hydrogen-bond acceptors (Lipinski definition) is 5. The van der Waals surface area contributed by atoms with E-state index in [4.69, 9.17) is 4.74 Å². The molecule has 0 bridgehead atoms. The number of nitrogens with one attached hydrogen (secondary N) is 1. The first-order chi connectivity index (χ1) is 15.6. The van der Waals surface area contributed by atoms with E-state index in [-0.39, 0.29) is 17.6 Å². The summed E-state index contributed by atoms with van der Waals surface area (Å²) in [5.74, 6) is -0.273. The number of aromatic nitrogens is 2. The van der Waals surface area contributed by atoms with Crippen molar-refractivity contribution in [3.8, 4) is 0 Å². The van der Waals surface area contributed by atoms with Gasteiger partial charge in [-0.25, -0.2) is 4.98 Å². The number of carbonyl (C=O) groups excluding carboxylic acids is 3. The molecule has 1 aromatic carbocycles. The van der Waals surface area contributed by atoms with Crippen LogP contribution in [-0.4, -0.2) is 40.4 Å². The molecule has 2 aromatic heterocycles. The molecule has 32 heavy (non-hydrogen) atoms. The van der Waals surface area contributed by atoms with Gasteiger partial charge in [0.15, 0.2) is 0 Å². The van der Waals surface area contributed by atoms with Crippen molar-refractivity contribution >= 4 is 39.5 Å². The van der Waals surface area contributed by atoms with E-state index >= 15 is 0 Å². The molecule has 0 aliphatic carbocycles. The Morgan fingerprint density at radius 2 is 2.06 bits per heavy atom. The van der Waals surface area contributed by atoms with E-state index in [0.717, 1.165) is 46.9 Å². The molecule has 3 aromatic rings. The second kappa shape index (κ2) is 10.0. The summed E-state index contributed by atoms with van der Waals surface area (Å²) in [6.45, 7) is 3.45. The quantitative estimate of drug-likeness (QED) is 0.386. The van der Waals surface area contributed by atoms with Gasteiger partial charge in [0.1, 0.15) is 17.5 Å². The number of amides is 2. The zero-order chi connectivity index (χ0) is 22.5. The molecule has 3 heterocycles. The number of imide groups is 1. The summed E-state index contributed by atoms with van der Waals surface area (Å²) in [5.41, 5.74) is 2.73. The maximum Gasteiger partial charge on any atom is 0.249 e. The van der Waals surface area contributed by atoms with Gasteiger partial charge in [-0.1, -0.05) is 13.0 Å². The van der Waals surface area contributed by atoms with Crippen LogP contribution in [0, 0.1) is 0 Å². The van der Waals surface area contributed by atoms with Crippen LogP contribution in [0.3, 0.4) is 0 Å². The molecule has 4 rings (SSSR count). The third kappa shape index (κ3) is 4.72. The van der Waals surface area contributed by atoms with Crippen LogP contribution in [-0.2, 0) is 25.5 Å². The number of benzene rings is 1. The molecule has 1 saturated heterocycles. The van der Waals surface area contributed by atoms with Gasteiger partial charge in [0, 0.05) is 49.4 Å². The summed E-state index contributed by atoms with van der Waals surface area (Å²) in [4.78, 5) is 41.0. The van der Waals surface area contributed by atoms with Crippen molar-refractivity contribution in [2.24, 2.45) is 0 Å². The number of carbonyl (C=O) groups is 3. The van der Waals surface area contributed by atoms with Crippen LogP contribution in [0.25, 0.3) is 21.9 Å². The average Bonchev–Trinajstić information content (AvgIpc) is 3.11. The van der Waals surface area contributed by atoms with Gasteiger partial charge in [-0.3, -0.25) is 19.7 Å². The molecule has 7 heteroatoms. The highest BCUT2D eigenvalue weighted by Crippen LogP contribution is 2.34. The molecular weight excluding hydrogens is 406 g/mol. The molecule has 7 nitrogen and oxygen atoms in total. The Morgan fingerprint density at radius 3 is 2.88 bits per heavy atom. The minimum absolute atomic E-state index is 0.233. The van der Waals surface area contributed by atoms with Crippen molar-refractivity contribution in [2.75, 3.05) is 13.2 Å². The number of Topliss-reactive ketones (excluding diaryl/α,β-unsaturated/α-hetero) is 1. The number of hydrogen-bond donors (Lipinski definition) is 1. The Morgan fingerprint density at radius 1 is 1.19 bits per heavy atom. The fourth-order valence-corrected chi connectivity index (χ4v) is 4.35. The topological polar surface area (TPSA) is 90.3 Å². The highest BCUT2D eigenvalue weighted by Gasteiger charge is 2.30. The van der Waals surface area contributed by atoms with Crippen LogP contribution < -0.4 is 5.32 Å². The minimum atomic E-state index is -0.468. The molecule has 0 saturated carbocycles. The molecule has 1 aliphatic rings. The van der Waals surface area contributed by atoms with Gasteiger partial charge in [0.2, 0.25) is 11.8 Å². The van der Waals surface area contributed by atoms with Gasteiger partial charge >= 0.3 is 0 Å². The van der Waals surface area contributed by atoms with Crippen LogP contribution in [0.5, 0.6) is 0 Å². The Hall–Kier alpha value is -3.06. The van der Waals surface area contributed by atoms with Crippen molar-refractivity contribution < 1.29 is 19.1 Å². The summed E-state index contributed by atoms with van der Waals surface area (Å²) in [6, 6.07) is 9.52. The lowest BCUT2D eigenvalue weighted by Gasteiger charge is -2.23. The van der Waals surface area contributed by atoms with Crippen molar-refractivity contribution in [2.45, 2.75) is 57.9 Å². The molecule has 0 spiro atoms. The average molecular weight is 436 g/mol. The Labute approximate surface area is 187 Å². The standard InChI is InChI=1S/C25H29N3O4/c1-2-14-32-15-4-5-18(29)9-7-17-8-10-21-20(16-17)19-6-3-13-26-24(19)28(21)22-11-12-23(30)27-25(22)31/h3,6,8,10,13,16,22H,2,4-5,7,9,11-12,14-15H2,1H3,(H,27,30,31). The molecule has 168 valence electrons. The van der Waals surface area contributed by atoms with Crippen LogP contribution in [0.4, 0.5) is 0 Å². The van der Waals surface area contributed by atoms with E-state index in [1.165, 1.54) is 0 Å². The maximum atomic E-state index is 12.6. The first-order valence-corrected chi connectivity index (χ1v) is 11.4. The SMILES string of the molecule is CCCOCCCC(=O)CCc1ccc2c(c1)c1cccnc1n2C1CCC(=O)NC1=O. The molecule has 1 atom stereocenters. The highest BCUT2D eigenvalue weighted by molar-refractivity contribution is 6.09. The molecule has 2 amide bonds. The fraction of sp³-hybridized carbons (Fsp3) is 0.440. The summed E-state index contributed by atoms with van der Waals surface area (Å²) in [7, 11) is 0. The summed E-state index contributed by atoms with van der Waals surface area (Å²) < 4.78 is 7.39. The van der Waals surface area contributed by atoms with Crippen molar-refractivity contribution in [3.05, 3.63) is 42.1 Å². The predicted molar refractivity (Wildman–Crippen MR) is 122 cm³/mol. The number of rotatable bonds is 10. The van der Waals surface area contributed by atoms with Gasteiger partial charge in [-0.05, 0) is 55.5 Å². The first-order valence-electron chi connectivity index (χ1n) is 11.4. The lowest BCUT2D eigenvalue weighted by molar-refractivity contribution is -0.135. The number of piperidine rings is 1. The predicted octanol–water partition coefficient (Wildman–Crippen LogP) is 3.88. The number of nitrogens with zero attached hydrogens (tertiary/aromatic N) is 2. The smallest absolute Gasteiger partial charge is 0.249 e. The lowest BCUT2D eigenvalue weighted by atomic mass is 10.0. The number of ether oxygens (including phenoxy) is 1. The van der Waals surface area contributed by atoms with Crippen LogP contribution in [0.2, 0.25) is 0 Å². The van der Waals surface area contributed by atoms with E-state index in [1.54, 1.807) is 6.20 Å². The second-order valence-electron chi connectivity index (χ2n) is 8.32. The van der Waals surface area contributed by atoms with Gasteiger partial charge in [0.25, 0.3) is 0 Å². The maximum absolute atomic E-state index is 12.6. The summed E-state index contributed by atoms with van der Waals surface area (Å²) >= 11 is 0. The number of aryl methyl sites for hydroxylation is 1. The summed E-state index contributed by atoms with van der Waals surface area (Å²) in [5, 5.41) is 4.42. The van der Waals surface area contributed by atoms with E-state index in [1.807, 2.05) is 28.8 Å². The molecule has 1 unspecified atom stereocenters. The Kier molecular flexibility index (Phi) is 6.95. The van der Waals surface area contributed by atoms with E-state index in [2.05, 4.69) is 23.3 Å². The monoisotopic (exact) mass is 435 g/mol. The molecule has 1 fully saturated rings. The van der Waals surface area contributed by atoms with Crippen LogP contribution >= 0.6 is 0 Å². The Balaban J connectivity index is 1.53. The van der Waals surface area contributed by atoms with Gasteiger partial charge in [0.05, 0.1) is 5.52 Å². The number of fused-ring (bicyclic) bond motifs is 3. The van der Waals surface area contributed by atoms with Crippen molar-refractivity contribution in [1.29, 1.82) is 0 Å². The molecule has 1 aliphatic heterocycles. The first kappa shape index (κ1) is 22.1. The lowest BCUT2D eigenvalue weighted by Crippen LogP contribution is -2.41. The van der Waals surface area contributed by atoms with E-state index in [0.29, 0.717) is 38.7 Å². The van der Waals surface area contributed by atoms with Gasteiger partial charge in [-0.2, -0.15) is 0 Å². The summed E-state index contributed by atoms with van der Waals surface area (Å²) in [6.07, 6.45) is 5.97. The Bertz CT molecular complexity index is 1150. The van der Waals surface area contributed by atoms with Crippen LogP contribution in [0.15, 0.2) is 36.5 Å². The van der Waals surface area contributed by atoms with E-state index < -0.39 is 6.04 Å². The van der Waals surface area contributed by atoms with Crippen LogP contribution in [0.1, 0.15) is 57.1 Å². The molecule has 1 N–H and O–H groups in total. The number of ketones is 1. The zero-order valence-electron chi connectivity index (χ0n) is 18.4.